The van der Waals surface area contributed by atoms with Crippen molar-refractivity contribution in [1.29, 1.82) is 0 Å². The summed E-state index contributed by atoms with van der Waals surface area (Å²) >= 11 is 0. The Balaban J connectivity index is 1.38. The van der Waals surface area contributed by atoms with E-state index >= 15 is 0 Å². The van der Waals surface area contributed by atoms with Crippen molar-refractivity contribution in [2.75, 3.05) is 18.0 Å². The second-order valence-corrected chi connectivity index (χ2v) is 10.2. The number of nitrogens with zero attached hydrogens (tertiary/aromatic N) is 7. The van der Waals surface area contributed by atoms with Gasteiger partial charge in [-0.3, -0.25) is 9.97 Å². The van der Waals surface area contributed by atoms with Gasteiger partial charge < -0.3 is 15.0 Å². The monoisotopic (exact) mass is 500 g/mol. The summed E-state index contributed by atoms with van der Waals surface area (Å²) in [6.07, 6.45) is 9.36. The van der Waals surface area contributed by atoms with E-state index in [1.165, 1.54) is 0 Å². The molecule has 5 rings (SSSR count). The van der Waals surface area contributed by atoms with Crippen LogP contribution in [0.15, 0.2) is 49.1 Å². The molecule has 4 aromatic heterocycles. The number of rotatable bonds is 5. The van der Waals surface area contributed by atoms with Gasteiger partial charge in [0.2, 0.25) is 0 Å². The first kappa shape index (κ1) is 24.6. The molecular weight excluding hydrogens is 468 g/mol. The number of piperidine rings is 1. The third-order valence-corrected chi connectivity index (χ3v) is 6.16. The Morgan fingerprint density at radius 3 is 2.76 bits per heavy atom. The third-order valence-electron chi connectivity index (χ3n) is 6.16. The predicted octanol–water partition coefficient (Wildman–Crippen LogP) is 4.33. The average molecular weight is 501 g/mol. The smallest absolute Gasteiger partial charge is 0.407 e. The van der Waals surface area contributed by atoms with Gasteiger partial charge in [-0.2, -0.15) is 5.10 Å². The fourth-order valence-electron chi connectivity index (χ4n) is 4.43. The van der Waals surface area contributed by atoms with Crippen molar-refractivity contribution in [3.63, 3.8) is 0 Å². The van der Waals surface area contributed by atoms with Crippen LogP contribution in [0.25, 0.3) is 28.1 Å². The quantitative estimate of drug-likeness (QED) is 0.431. The molecule has 10 nitrogen and oxygen atoms in total. The standard InChI is InChI=1S/C27H32N8O2/c1-5-19-15-28-16-22(31-19)21-12-23-18(13-29-21)14-30-35(23)25-10-6-9-24(33-25)34-11-7-8-20(17-34)32-26(36)37-27(2,3)4/h6,9-10,12-16,20H,5,7-8,11,17H2,1-4H3,(H,32,36). The molecule has 1 saturated heterocycles. The fraction of sp³-hybridized carbons (Fsp3) is 0.407. The van der Waals surface area contributed by atoms with E-state index in [1.807, 2.05) is 49.7 Å². The van der Waals surface area contributed by atoms with E-state index in [1.54, 1.807) is 24.8 Å². The number of carbonyl (C=O) groups excluding carboxylic acids is 1. The maximum absolute atomic E-state index is 12.3. The van der Waals surface area contributed by atoms with Crippen LogP contribution in [0.1, 0.15) is 46.2 Å². The van der Waals surface area contributed by atoms with Gasteiger partial charge in [0.1, 0.15) is 17.1 Å². The van der Waals surface area contributed by atoms with Crippen LogP contribution in [0.3, 0.4) is 0 Å². The lowest BCUT2D eigenvalue weighted by Gasteiger charge is -2.34. The number of anilines is 1. The van der Waals surface area contributed by atoms with Crippen LogP contribution in [0, 0.1) is 0 Å². The normalized spacial score (nSPS) is 16.1. The Morgan fingerprint density at radius 2 is 1.95 bits per heavy atom. The number of aromatic nitrogens is 6. The Bertz CT molecular complexity index is 1410. The van der Waals surface area contributed by atoms with Gasteiger partial charge in [0, 0.05) is 36.9 Å². The highest BCUT2D eigenvalue weighted by Crippen LogP contribution is 2.24. The minimum absolute atomic E-state index is 0.00628. The maximum Gasteiger partial charge on any atom is 0.407 e. The fourth-order valence-corrected chi connectivity index (χ4v) is 4.43. The average Bonchev–Trinajstić information content (AvgIpc) is 3.31. The summed E-state index contributed by atoms with van der Waals surface area (Å²) in [4.78, 5) is 32.9. The molecule has 5 heterocycles. The molecule has 0 saturated carbocycles. The largest absolute Gasteiger partial charge is 0.444 e. The number of hydrogen-bond acceptors (Lipinski definition) is 8. The highest BCUT2D eigenvalue weighted by atomic mass is 16.6. The van der Waals surface area contributed by atoms with E-state index in [2.05, 4.69) is 37.2 Å². The van der Waals surface area contributed by atoms with E-state index < -0.39 is 5.60 Å². The van der Waals surface area contributed by atoms with Crippen molar-refractivity contribution in [1.82, 2.24) is 35.0 Å². The summed E-state index contributed by atoms with van der Waals surface area (Å²) in [6, 6.07) is 7.88. The van der Waals surface area contributed by atoms with E-state index in [0.717, 1.165) is 59.6 Å². The van der Waals surface area contributed by atoms with Crippen LogP contribution in [0.4, 0.5) is 10.6 Å². The van der Waals surface area contributed by atoms with E-state index in [4.69, 9.17) is 9.72 Å². The molecule has 0 radical (unpaired) electrons. The zero-order valence-electron chi connectivity index (χ0n) is 21.7. The summed E-state index contributed by atoms with van der Waals surface area (Å²) in [6.45, 7) is 9.17. The number of ether oxygens (including phenoxy) is 1. The molecule has 1 atom stereocenters. The SMILES string of the molecule is CCc1cncc(-c2cc3c(cn2)cnn3-c2cccc(N3CCCC(NC(=O)OC(C)(C)C)C3)n2)n1. The number of fused-ring (bicyclic) bond motifs is 1. The Kier molecular flexibility index (Phi) is 6.73. The molecule has 37 heavy (non-hydrogen) atoms. The minimum Gasteiger partial charge on any atom is -0.444 e. The van der Waals surface area contributed by atoms with E-state index in [0.29, 0.717) is 12.4 Å². The van der Waals surface area contributed by atoms with Crippen molar-refractivity contribution in [3.8, 4) is 17.2 Å². The molecule has 0 bridgehead atoms. The molecule has 192 valence electrons. The minimum atomic E-state index is -0.526. The molecule has 1 fully saturated rings. The first-order chi connectivity index (χ1) is 17.8. The second kappa shape index (κ2) is 10.1. The van der Waals surface area contributed by atoms with Gasteiger partial charge in [-0.15, -0.1) is 0 Å². The molecule has 4 aromatic rings. The lowest BCUT2D eigenvalue weighted by molar-refractivity contribution is 0.0500. The zero-order chi connectivity index (χ0) is 26.0. The molecule has 10 heteroatoms. The molecule has 1 amide bonds. The Hall–Kier alpha value is -4.08. The number of pyridine rings is 2. The lowest BCUT2D eigenvalue weighted by atomic mass is 10.1. The maximum atomic E-state index is 12.3. The molecule has 0 aliphatic carbocycles. The Morgan fingerprint density at radius 1 is 1.11 bits per heavy atom. The number of amides is 1. The summed E-state index contributed by atoms with van der Waals surface area (Å²) in [5, 5.41) is 8.51. The van der Waals surface area contributed by atoms with Crippen molar-refractivity contribution in [3.05, 3.63) is 54.7 Å². The van der Waals surface area contributed by atoms with Crippen LogP contribution < -0.4 is 10.2 Å². The van der Waals surface area contributed by atoms with Crippen molar-refractivity contribution < 1.29 is 9.53 Å². The topological polar surface area (TPSA) is 111 Å². The molecule has 0 spiro atoms. The number of carbonyl (C=O) groups is 1. The van der Waals surface area contributed by atoms with Gasteiger partial charge in [0.05, 0.1) is 29.3 Å². The van der Waals surface area contributed by atoms with Crippen LogP contribution in [-0.2, 0) is 11.2 Å². The number of nitrogens with one attached hydrogen (secondary N) is 1. The second-order valence-electron chi connectivity index (χ2n) is 10.2. The molecule has 0 aromatic carbocycles. The van der Waals surface area contributed by atoms with Crippen LogP contribution >= 0.6 is 0 Å². The first-order valence-corrected chi connectivity index (χ1v) is 12.7. The summed E-state index contributed by atoms with van der Waals surface area (Å²) < 4.78 is 7.26. The van der Waals surface area contributed by atoms with Crippen LogP contribution in [0.5, 0.6) is 0 Å². The van der Waals surface area contributed by atoms with Crippen LogP contribution in [0.2, 0.25) is 0 Å². The van der Waals surface area contributed by atoms with E-state index in [9.17, 15) is 4.79 Å². The van der Waals surface area contributed by atoms with Gasteiger partial charge in [0.15, 0.2) is 5.82 Å². The van der Waals surface area contributed by atoms with Crippen molar-refractivity contribution in [2.45, 2.75) is 58.6 Å². The number of alkyl carbamates (subject to hydrolysis) is 1. The van der Waals surface area contributed by atoms with Gasteiger partial charge in [0.25, 0.3) is 0 Å². The lowest BCUT2D eigenvalue weighted by Crippen LogP contribution is -2.49. The molecule has 1 aliphatic heterocycles. The molecule has 1 unspecified atom stereocenters. The van der Waals surface area contributed by atoms with Crippen molar-refractivity contribution in [2.24, 2.45) is 0 Å². The highest BCUT2D eigenvalue weighted by Gasteiger charge is 2.25. The predicted molar refractivity (Wildman–Crippen MR) is 142 cm³/mol. The Labute approximate surface area is 216 Å². The summed E-state index contributed by atoms with van der Waals surface area (Å²) in [5.74, 6) is 1.55. The molecular formula is C27H32N8O2. The van der Waals surface area contributed by atoms with Gasteiger partial charge in [-0.25, -0.2) is 19.4 Å². The third kappa shape index (κ3) is 5.68. The van der Waals surface area contributed by atoms with Gasteiger partial charge in [-0.1, -0.05) is 13.0 Å². The summed E-state index contributed by atoms with van der Waals surface area (Å²) in [5.41, 5.74) is 2.75. The number of aryl methyl sites for hydroxylation is 1. The first-order valence-electron chi connectivity index (χ1n) is 12.7. The highest BCUT2D eigenvalue weighted by molar-refractivity contribution is 5.82. The van der Waals surface area contributed by atoms with Crippen molar-refractivity contribution >= 4 is 22.8 Å². The van der Waals surface area contributed by atoms with Crippen LogP contribution in [-0.4, -0.2) is 60.5 Å². The molecule has 1 N–H and O–H groups in total. The zero-order valence-corrected chi connectivity index (χ0v) is 21.7. The summed E-state index contributed by atoms with van der Waals surface area (Å²) in [7, 11) is 0. The molecule has 1 aliphatic rings. The van der Waals surface area contributed by atoms with E-state index in [-0.39, 0.29) is 12.1 Å². The van der Waals surface area contributed by atoms with Gasteiger partial charge in [-0.05, 0) is 58.2 Å². The number of hydrogen-bond donors (Lipinski definition) is 1. The van der Waals surface area contributed by atoms with Gasteiger partial charge >= 0.3 is 6.09 Å².